The molecule has 3 aromatic rings. The van der Waals surface area contributed by atoms with Gasteiger partial charge < -0.3 is 30.0 Å². The van der Waals surface area contributed by atoms with E-state index in [1.807, 2.05) is 6.07 Å². The van der Waals surface area contributed by atoms with Gasteiger partial charge in [0.2, 0.25) is 11.8 Å². The number of rotatable bonds is 8. The van der Waals surface area contributed by atoms with Crippen LogP contribution in [0.3, 0.4) is 0 Å². The molecule has 4 heterocycles. The first-order chi connectivity index (χ1) is 18.4. The van der Waals surface area contributed by atoms with E-state index in [-0.39, 0.29) is 19.5 Å². The summed E-state index contributed by atoms with van der Waals surface area (Å²) in [5.74, 6) is -0.150. The second kappa shape index (κ2) is 11.4. The van der Waals surface area contributed by atoms with E-state index in [0.29, 0.717) is 17.9 Å². The molecule has 200 valence electrons. The van der Waals surface area contributed by atoms with E-state index in [2.05, 4.69) is 25.3 Å². The molecule has 0 spiro atoms. The Balaban J connectivity index is 1.21. The summed E-state index contributed by atoms with van der Waals surface area (Å²) in [7, 11) is 0. The molecule has 3 N–H and O–H groups in total. The SMILES string of the molecule is O=C(NCC(=O)N1C[C@H](OC(F)F)C[C@H]1C(=O)NCc1cc2cnccc2[nH]1)c1ccc2c(c1)OCCS2. The summed E-state index contributed by atoms with van der Waals surface area (Å²) in [5, 5.41) is 6.17. The Morgan fingerprint density at radius 3 is 2.92 bits per heavy atom. The highest BCUT2D eigenvalue weighted by Gasteiger charge is 2.41. The van der Waals surface area contributed by atoms with Crippen LogP contribution in [0.5, 0.6) is 5.75 Å². The summed E-state index contributed by atoms with van der Waals surface area (Å²) in [6.07, 6.45) is 2.22. The molecular formula is C25H25F2N5O5S. The Morgan fingerprint density at radius 2 is 2.11 bits per heavy atom. The Morgan fingerprint density at radius 1 is 1.24 bits per heavy atom. The summed E-state index contributed by atoms with van der Waals surface area (Å²) in [6.45, 7) is -2.96. The van der Waals surface area contributed by atoms with Crippen molar-refractivity contribution < 1.29 is 32.6 Å². The number of H-pyrrole nitrogens is 1. The van der Waals surface area contributed by atoms with Crippen molar-refractivity contribution in [3.8, 4) is 5.75 Å². The number of aromatic amines is 1. The predicted molar refractivity (Wildman–Crippen MR) is 134 cm³/mol. The monoisotopic (exact) mass is 545 g/mol. The molecule has 0 unspecified atom stereocenters. The molecule has 0 radical (unpaired) electrons. The standard InChI is InChI=1S/C25H25F2N5O5S/c26-25(27)37-17-9-19(24(35)29-11-16-7-15-10-28-4-3-18(15)31-16)32(13-17)22(33)12-30-23(34)14-1-2-21-20(8-14)36-5-6-38-21/h1-4,7-8,10,17,19,25,31H,5-6,9,11-13H2,(H,29,35)(H,30,34)/t17-,19+/m1/s1. The number of thioether (sulfide) groups is 1. The first-order valence-corrected chi connectivity index (χ1v) is 13.0. The van der Waals surface area contributed by atoms with Crippen LogP contribution in [-0.4, -0.2) is 76.8 Å². The number of carbonyl (C=O) groups is 3. The highest BCUT2D eigenvalue weighted by Crippen LogP contribution is 2.33. The average Bonchev–Trinajstić information content (AvgIpc) is 3.53. The van der Waals surface area contributed by atoms with Crippen molar-refractivity contribution in [3.05, 3.63) is 54.0 Å². The van der Waals surface area contributed by atoms with E-state index in [9.17, 15) is 23.2 Å². The maximum absolute atomic E-state index is 13.0. The topological polar surface area (TPSA) is 126 Å². The Hall–Kier alpha value is -3.71. The number of nitrogens with one attached hydrogen (secondary N) is 3. The maximum Gasteiger partial charge on any atom is 0.345 e. The number of hydrogen-bond donors (Lipinski definition) is 3. The summed E-state index contributed by atoms with van der Waals surface area (Å²) >= 11 is 1.63. The van der Waals surface area contributed by atoms with Crippen molar-refractivity contribution in [3.63, 3.8) is 0 Å². The number of pyridine rings is 1. The average molecular weight is 546 g/mol. The molecule has 3 amide bonds. The van der Waals surface area contributed by atoms with Crippen molar-refractivity contribution in [1.82, 2.24) is 25.5 Å². The van der Waals surface area contributed by atoms with Gasteiger partial charge in [-0.25, -0.2) is 0 Å². The van der Waals surface area contributed by atoms with Gasteiger partial charge in [-0.15, -0.1) is 11.8 Å². The van der Waals surface area contributed by atoms with Gasteiger partial charge in [-0.05, 0) is 30.3 Å². The number of benzene rings is 1. The second-order valence-electron chi connectivity index (χ2n) is 8.83. The van der Waals surface area contributed by atoms with Gasteiger partial charge in [0.25, 0.3) is 5.91 Å². The zero-order valence-electron chi connectivity index (χ0n) is 20.1. The van der Waals surface area contributed by atoms with Crippen molar-refractivity contribution in [2.45, 2.75) is 36.6 Å². The molecule has 1 fully saturated rings. The highest BCUT2D eigenvalue weighted by molar-refractivity contribution is 7.99. The Labute approximate surface area is 220 Å². The van der Waals surface area contributed by atoms with E-state index < -0.39 is 43.0 Å². The molecule has 2 aliphatic rings. The zero-order valence-corrected chi connectivity index (χ0v) is 20.9. The normalized spacial score (nSPS) is 18.8. The number of ether oxygens (including phenoxy) is 2. The van der Waals surface area contributed by atoms with Crippen LogP contribution in [0.4, 0.5) is 8.78 Å². The maximum atomic E-state index is 13.0. The summed E-state index contributed by atoms with van der Waals surface area (Å²) < 4.78 is 35.9. The number of aromatic nitrogens is 2. The van der Waals surface area contributed by atoms with Crippen LogP contribution in [0, 0.1) is 0 Å². The molecule has 0 saturated carbocycles. The molecule has 2 aromatic heterocycles. The van der Waals surface area contributed by atoms with E-state index in [1.165, 1.54) is 4.90 Å². The number of halogens is 2. The minimum Gasteiger partial charge on any atom is -0.492 e. The number of likely N-dealkylation sites (tertiary alicyclic amines) is 1. The molecule has 5 rings (SSSR count). The van der Waals surface area contributed by atoms with Gasteiger partial charge in [0.05, 0.1) is 25.8 Å². The third-order valence-corrected chi connectivity index (χ3v) is 7.33. The van der Waals surface area contributed by atoms with Gasteiger partial charge in [-0.2, -0.15) is 8.78 Å². The minimum absolute atomic E-state index is 0.0910. The molecular weight excluding hydrogens is 520 g/mol. The van der Waals surface area contributed by atoms with Crippen molar-refractivity contribution in [2.24, 2.45) is 0 Å². The highest BCUT2D eigenvalue weighted by atomic mass is 32.2. The number of hydrogen-bond acceptors (Lipinski definition) is 7. The quantitative estimate of drug-likeness (QED) is 0.397. The van der Waals surface area contributed by atoms with Gasteiger partial charge in [0, 0.05) is 58.2 Å². The fraction of sp³-hybridized carbons (Fsp3) is 0.360. The third kappa shape index (κ3) is 5.89. The minimum atomic E-state index is -3.04. The van der Waals surface area contributed by atoms with E-state index in [1.54, 1.807) is 48.4 Å². The van der Waals surface area contributed by atoms with E-state index >= 15 is 0 Å². The predicted octanol–water partition coefficient (Wildman–Crippen LogP) is 2.30. The third-order valence-electron chi connectivity index (χ3n) is 6.32. The van der Waals surface area contributed by atoms with Crippen molar-refractivity contribution >= 4 is 40.4 Å². The van der Waals surface area contributed by atoms with E-state index in [0.717, 1.165) is 27.2 Å². The fourth-order valence-electron chi connectivity index (χ4n) is 4.54. The molecule has 2 aliphatic heterocycles. The van der Waals surface area contributed by atoms with Crippen LogP contribution in [0.25, 0.3) is 10.9 Å². The van der Waals surface area contributed by atoms with Crippen LogP contribution in [0.15, 0.2) is 47.6 Å². The van der Waals surface area contributed by atoms with Crippen LogP contribution >= 0.6 is 11.8 Å². The molecule has 1 saturated heterocycles. The van der Waals surface area contributed by atoms with Crippen LogP contribution in [0.2, 0.25) is 0 Å². The lowest BCUT2D eigenvalue weighted by Crippen LogP contribution is -2.49. The summed E-state index contributed by atoms with van der Waals surface area (Å²) in [5.41, 5.74) is 1.90. The van der Waals surface area contributed by atoms with Gasteiger partial charge in [0.1, 0.15) is 11.8 Å². The smallest absolute Gasteiger partial charge is 0.345 e. The van der Waals surface area contributed by atoms with Crippen molar-refractivity contribution in [2.75, 3.05) is 25.4 Å². The molecule has 38 heavy (non-hydrogen) atoms. The molecule has 0 bridgehead atoms. The molecule has 0 aliphatic carbocycles. The second-order valence-corrected chi connectivity index (χ2v) is 9.97. The van der Waals surface area contributed by atoms with Crippen molar-refractivity contribution in [1.29, 1.82) is 0 Å². The fourth-order valence-corrected chi connectivity index (χ4v) is 5.35. The first-order valence-electron chi connectivity index (χ1n) is 12.0. The van der Waals surface area contributed by atoms with Gasteiger partial charge in [-0.3, -0.25) is 19.4 Å². The van der Waals surface area contributed by atoms with Crippen LogP contribution < -0.4 is 15.4 Å². The number of carbonyl (C=O) groups excluding carboxylic acids is 3. The lowest BCUT2D eigenvalue weighted by atomic mass is 10.1. The largest absolute Gasteiger partial charge is 0.492 e. The molecule has 2 atom stereocenters. The lowest BCUT2D eigenvalue weighted by Gasteiger charge is -2.24. The number of fused-ring (bicyclic) bond motifs is 2. The van der Waals surface area contributed by atoms with Crippen LogP contribution in [0.1, 0.15) is 22.5 Å². The molecule has 1 aromatic carbocycles. The Kier molecular flexibility index (Phi) is 7.74. The number of amides is 3. The Bertz CT molecular complexity index is 1320. The van der Waals surface area contributed by atoms with E-state index in [4.69, 9.17) is 4.74 Å². The van der Waals surface area contributed by atoms with Crippen LogP contribution in [-0.2, 0) is 20.9 Å². The zero-order chi connectivity index (χ0) is 26.6. The van der Waals surface area contributed by atoms with Gasteiger partial charge >= 0.3 is 6.61 Å². The lowest BCUT2D eigenvalue weighted by molar-refractivity contribution is -0.160. The summed E-state index contributed by atoms with van der Waals surface area (Å²) in [4.78, 5) is 48.0. The summed E-state index contributed by atoms with van der Waals surface area (Å²) in [6, 6.07) is 7.65. The first kappa shape index (κ1) is 25.9. The van der Waals surface area contributed by atoms with Gasteiger partial charge in [0.15, 0.2) is 0 Å². The molecule has 13 heteroatoms. The number of alkyl halides is 2. The van der Waals surface area contributed by atoms with Gasteiger partial charge in [-0.1, -0.05) is 0 Å². The number of nitrogens with zero attached hydrogens (tertiary/aromatic N) is 2. The molecule has 10 nitrogen and oxygen atoms in total.